The molecule has 2 saturated heterocycles. The van der Waals surface area contributed by atoms with Gasteiger partial charge in [-0.05, 0) is 82.3 Å². The highest BCUT2D eigenvalue weighted by Crippen LogP contribution is 2.41. The van der Waals surface area contributed by atoms with Crippen LogP contribution in [0.1, 0.15) is 93.9 Å². The van der Waals surface area contributed by atoms with Gasteiger partial charge >= 0.3 is 11.9 Å². The number of rotatable bonds is 4. The van der Waals surface area contributed by atoms with Crippen LogP contribution in [0.5, 0.6) is 0 Å². The molecule has 1 aliphatic carbocycles. The average Bonchev–Trinajstić information content (AvgIpc) is 2.69. The lowest BCUT2D eigenvalue weighted by molar-refractivity contribution is -0.174. The number of esters is 2. The third-order valence-electron chi connectivity index (χ3n) is 9.10. The maximum absolute atomic E-state index is 13.3. The first-order valence-electron chi connectivity index (χ1n) is 13.0. The molecule has 0 aromatic heterocycles. The largest absolute Gasteiger partial charge is 0.462 e. The molecule has 0 saturated carbocycles. The van der Waals surface area contributed by atoms with E-state index in [0.717, 1.165) is 32.1 Å². The fourth-order valence-corrected chi connectivity index (χ4v) is 6.56. The van der Waals surface area contributed by atoms with Gasteiger partial charge in [-0.2, -0.15) is 0 Å². The molecule has 34 heavy (non-hydrogen) atoms. The number of hydrogen-bond acceptors (Lipinski definition) is 6. The quantitative estimate of drug-likeness (QED) is 0.422. The Hall–Kier alpha value is -1.40. The average molecular weight is 477 g/mol. The number of carbonyl (C=O) groups is 2. The highest BCUT2D eigenvalue weighted by Gasteiger charge is 2.47. The molecular weight excluding hydrogens is 428 g/mol. The fourth-order valence-electron chi connectivity index (χ4n) is 6.56. The van der Waals surface area contributed by atoms with Crippen LogP contribution < -0.4 is 0 Å². The maximum atomic E-state index is 13.3. The standard InChI is InChI=1S/C28H48N2O4/c1-25(2)15-19(16-26(3,4)29(25)9)33-23(31)21-13-11-12-14-22(21)24(32)34-20-17-27(5,6)30(10)28(7,8)18-20/h11,13,19-22H,12,14-18H2,1-10H3. The molecule has 3 aliphatic rings. The van der Waals surface area contributed by atoms with Crippen LogP contribution in [0.25, 0.3) is 0 Å². The van der Waals surface area contributed by atoms with E-state index in [1.807, 2.05) is 12.2 Å². The molecule has 2 unspecified atom stereocenters. The van der Waals surface area contributed by atoms with E-state index in [1.54, 1.807) is 0 Å². The Kier molecular flexibility index (Phi) is 7.39. The van der Waals surface area contributed by atoms with Crippen LogP contribution in [0.3, 0.4) is 0 Å². The first kappa shape index (κ1) is 27.2. The monoisotopic (exact) mass is 476 g/mol. The molecule has 2 heterocycles. The number of piperidine rings is 2. The van der Waals surface area contributed by atoms with Crippen LogP contribution in [0.2, 0.25) is 0 Å². The van der Waals surface area contributed by atoms with Crippen molar-refractivity contribution in [2.75, 3.05) is 14.1 Å². The Morgan fingerprint density at radius 1 is 0.706 bits per heavy atom. The van der Waals surface area contributed by atoms with Crippen molar-refractivity contribution in [1.29, 1.82) is 0 Å². The van der Waals surface area contributed by atoms with Gasteiger partial charge in [-0.3, -0.25) is 19.4 Å². The van der Waals surface area contributed by atoms with Crippen LogP contribution in [0.15, 0.2) is 12.2 Å². The summed E-state index contributed by atoms with van der Waals surface area (Å²) in [5, 5.41) is 0. The lowest BCUT2D eigenvalue weighted by Gasteiger charge is -2.53. The first-order valence-corrected chi connectivity index (χ1v) is 13.0. The Bertz CT molecular complexity index is 777. The van der Waals surface area contributed by atoms with E-state index in [0.29, 0.717) is 6.42 Å². The number of nitrogens with zero attached hydrogens (tertiary/aromatic N) is 2. The molecule has 2 fully saturated rings. The van der Waals surface area contributed by atoms with E-state index in [4.69, 9.17) is 9.47 Å². The molecule has 0 spiro atoms. The predicted octanol–water partition coefficient (Wildman–Crippen LogP) is 4.96. The molecule has 194 valence electrons. The zero-order chi connectivity index (χ0) is 25.7. The topological polar surface area (TPSA) is 59.1 Å². The summed E-state index contributed by atoms with van der Waals surface area (Å²) >= 11 is 0. The summed E-state index contributed by atoms with van der Waals surface area (Å²) in [5.41, 5.74) is -0.265. The fraction of sp³-hybridized carbons (Fsp3) is 0.857. The molecule has 0 N–H and O–H groups in total. The van der Waals surface area contributed by atoms with Gasteiger partial charge in [-0.1, -0.05) is 12.2 Å². The van der Waals surface area contributed by atoms with Gasteiger partial charge in [-0.25, -0.2) is 0 Å². The zero-order valence-electron chi connectivity index (χ0n) is 23.2. The van der Waals surface area contributed by atoms with E-state index in [1.165, 1.54) is 0 Å². The minimum absolute atomic E-state index is 0.0642. The summed E-state index contributed by atoms with van der Waals surface area (Å²) < 4.78 is 12.2. The van der Waals surface area contributed by atoms with Crippen molar-refractivity contribution in [3.8, 4) is 0 Å². The summed E-state index contributed by atoms with van der Waals surface area (Å²) in [5.74, 6) is -1.59. The van der Waals surface area contributed by atoms with E-state index in [9.17, 15) is 9.59 Å². The van der Waals surface area contributed by atoms with Crippen LogP contribution in [-0.2, 0) is 19.1 Å². The van der Waals surface area contributed by atoms with Crippen LogP contribution >= 0.6 is 0 Å². The first-order chi connectivity index (χ1) is 15.5. The lowest BCUT2D eigenvalue weighted by atomic mass is 9.78. The van der Waals surface area contributed by atoms with Crippen molar-refractivity contribution in [3.05, 3.63) is 12.2 Å². The molecule has 2 aliphatic heterocycles. The molecule has 6 nitrogen and oxygen atoms in total. The smallest absolute Gasteiger partial charge is 0.313 e. The Balaban J connectivity index is 1.68. The Morgan fingerprint density at radius 3 is 1.50 bits per heavy atom. The van der Waals surface area contributed by atoms with Gasteiger partial charge in [0.05, 0.1) is 11.8 Å². The van der Waals surface area contributed by atoms with Crippen LogP contribution in [0, 0.1) is 11.8 Å². The number of carbonyl (C=O) groups excluding carboxylic acids is 2. The molecule has 0 bridgehead atoms. The second kappa shape index (κ2) is 9.24. The number of allylic oxidation sites excluding steroid dienone is 1. The van der Waals surface area contributed by atoms with E-state index in [2.05, 4.69) is 79.3 Å². The van der Waals surface area contributed by atoms with Crippen LogP contribution in [0.4, 0.5) is 0 Å². The summed E-state index contributed by atoms with van der Waals surface area (Å²) in [4.78, 5) is 31.4. The van der Waals surface area contributed by atoms with Gasteiger partial charge in [-0.15, -0.1) is 0 Å². The molecule has 0 aromatic rings. The van der Waals surface area contributed by atoms with Gasteiger partial charge in [0.15, 0.2) is 0 Å². The van der Waals surface area contributed by atoms with Crippen molar-refractivity contribution in [2.24, 2.45) is 11.8 Å². The Labute approximate surface area is 207 Å². The predicted molar refractivity (Wildman–Crippen MR) is 135 cm³/mol. The highest BCUT2D eigenvalue weighted by molar-refractivity contribution is 5.84. The van der Waals surface area contributed by atoms with Crippen molar-refractivity contribution in [2.45, 2.75) is 128 Å². The van der Waals surface area contributed by atoms with E-state index in [-0.39, 0.29) is 46.3 Å². The molecule has 6 heteroatoms. The van der Waals surface area contributed by atoms with Crippen molar-refractivity contribution in [1.82, 2.24) is 9.80 Å². The molecule has 2 atom stereocenters. The minimum Gasteiger partial charge on any atom is -0.462 e. The minimum atomic E-state index is -0.570. The second-order valence-corrected chi connectivity index (χ2v) is 13.4. The van der Waals surface area contributed by atoms with Gasteiger partial charge < -0.3 is 9.47 Å². The molecule has 0 amide bonds. The summed E-state index contributed by atoms with van der Waals surface area (Å²) in [6, 6.07) is 0. The number of hydrogen-bond donors (Lipinski definition) is 0. The number of ether oxygens (including phenoxy) is 2. The van der Waals surface area contributed by atoms with Crippen molar-refractivity contribution < 1.29 is 19.1 Å². The molecule has 0 aromatic carbocycles. The lowest BCUT2D eigenvalue weighted by Crippen LogP contribution is -2.60. The van der Waals surface area contributed by atoms with Gasteiger partial charge in [0.1, 0.15) is 12.2 Å². The summed E-state index contributed by atoms with van der Waals surface area (Å²) in [7, 11) is 4.28. The van der Waals surface area contributed by atoms with Crippen LogP contribution in [-0.4, -0.2) is 70.2 Å². The second-order valence-electron chi connectivity index (χ2n) is 13.4. The van der Waals surface area contributed by atoms with Crippen molar-refractivity contribution >= 4 is 11.9 Å². The van der Waals surface area contributed by atoms with Gasteiger partial charge in [0, 0.05) is 47.8 Å². The van der Waals surface area contributed by atoms with Gasteiger partial charge in [0.2, 0.25) is 0 Å². The van der Waals surface area contributed by atoms with E-state index >= 15 is 0 Å². The molecule has 0 radical (unpaired) electrons. The normalized spacial score (nSPS) is 31.7. The van der Waals surface area contributed by atoms with Crippen molar-refractivity contribution in [3.63, 3.8) is 0 Å². The summed E-state index contributed by atoms with van der Waals surface area (Å²) in [6.45, 7) is 17.6. The molecular formula is C28H48N2O4. The Morgan fingerprint density at radius 2 is 1.09 bits per heavy atom. The zero-order valence-corrected chi connectivity index (χ0v) is 23.2. The number of likely N-dealkylation sites (tertiary alicyclic amines) is 2. The summed E-state index contributed by atoms with van der Waals surface area (Å²) in [6.07, 6.45) is 8.11. The third kappa shape index (κ3) is 5.53. The van der Waals surface area contributed by atoms with Gasteiger partial charge in [0.25, 0.3) is 0 Å². The highest BCUT2D eigenvalue weighted by atomic mass is 16.6. The maximum Gasteiger partial charge on any atom is 0.313 e. The third-order valence-corrected chi connectivity index (χ3v) is 9.10. The SMILES string of the molecule is CN1C(C)(C)CC(OC(=O)C2C=CCCC2C(=O)OC2CC(C)(C)N(C)C(C)(C)C2)CC1(C)C. The molecule has 3 rings (SSSR count). The van der Waals surface area contributed by atoms with E-state index < -0.39 is 11.8 Å².